The summed E-state index contributed by atoms with van der Waals surface area (Å²) in [6.07, 6.45) is 5.86. The van der Waals surface area contributed by atoms with Crippen molar-refractivity contribution >= 4 is 0 Å². The maximum Gasteiger partial charge on any atom is 0.0459 e. The Bertz CT molecular complexity index is 320. The zero-order chi connectivity index (χ0) is 9.47. The van der Waals surface area contributed by atoms with E-state index in [9.17, 15) is 0 Å². The number of fused-ring (bicyclic) bond motifs is 1. The molecule has 0 spiro atoms. The van der Waals surface area contributed by atoms with E-state index in [0.29, 0.717) is 0 Å². The molecule has 13 heavy (non-hydrogen) atoms. The van der Waals surface area contributed by atoms with Crippen LogP contribution in [0.3, 0.4) is 0 Å². The molecule has 0 radical (unpaired) electrons. The van der Waals surface area contributed by atoms with Gasteiger partial charge >= 0.3 is 0 Å². The van der Waals surface area contributed by atoms with Crippen LogP contribution in [-0.4, -0.2) is 4.98 Å². The van der Waals surface area contributed by atoms with Crippen LogP contribution in [0.1, 0.15) is 44.0 Å². The first-order valence-corrected chi connectivity index (χ1v) is 5.05. The van der Waals surface area contributed by atoms with Crippen molar-refractivity contribution in [1.29, 1.82) is 0 Å². The summed E-state index contributed by atoms with van der Waals surface area (Å²) in [5.41, 5.74) is 4.42. The summed E-state index contributed by atoms with van der Waals surface area (Å²) in [5.74, 6) is 0. The van der Waals surface area contributed by atoms with E-state index in [0.717, 1.165) is 0 Å². The molecule has 0 amide bonds. The number of aromatic nitrogens is 1. The van der Waals surface area contributed by atoms with E-state index >= 15 is 0 Å². The average Bonchev–Trinajstić information content (AvgIpc) is 2.47. The zero-order valence-corrected chi connectivity index (χ0v) is 8.72. The molecule has 0 unspecified atom stereocenters. The fraction of sp³-hybridized carbons (Fsp3) is 0.583. The maximum atomic E-state index is 4.52. The molecule has 70 valence electrons. The van der Waals surface area contributed by atoms with Crippen LogP contribution in [0.2, 0.25) is 0 Å². The molecule has 0 saturated carbocycles. The van der Waals surface area contributed by atoms with Crippen LogP contribution in [0.5, 0.6) is 0 Å². The fourth-order valence-corrected chi connectivity index (χ4v) is 1.86. The first kappa shape index (κ1) is 8.74. The van der Waals surface area contributed by atoms with Crippen LogP contribution < -0.4 is 0 Å². The molecule has 1 aromatic heterocycles. The van der Waals surface area contributed by atoms with Gasteiger partial charge in [0.15, 0.2) is 0 Å². The van der Waals surface area contributed by atoms with Gasteiger partial charge in [0.25, 0.3) is 0 Å². The fourth-order valence-electron chi connectivity index (χ4n) is 1.86. The molecule has 0 saturated heterocycles. The molecule has 0 aromatic carbocycles. The Kier molecular flexibility index (Phi) is 1.90. The van der Waals surface area contributed by atoms with Crippen molar-refractivity contribution in [3.05, 3.63) is 29.1 Å². The molecule has 1 heterocycles. The molecule has 1 aliphatic rings. The third-order valence-electron chi connectivity index (χ3n) is 2.74. The Morgan fingerprint density at radius 3 is 2.54 bits per heavy atom. The first-order valence-electron chi connectivity index (χ1n) is 5.05. The van der Waals surface area contributed by atoms with Gasteiger partial charge in [0.2, 0.25) is 0 Å². The second kappa shape index (κ2) is 2.83. The molecule has 1 aromatic rings. The normalized spacial score (nSPS) is 15.9. The van der Waals surface area contributed by atoms with Gasteiger partial charge in [-0.05, 0) is 36.5 Å². The summed E-state index contributed by atoms with van der Waals surface area (Å²) in [6, 6.07) is 2.29. The molecular formula is C12H17N. The largest absolute Gasteiger partial charge is 0.260 e. The van der Waals surface area contributed by atoms with Gasteiger partial charge in [-0.1, -0.05) is 20.8 Å². The SMILES string of the molecule is CC(C)(C)c1cc2c(cn1)CCC2. The van der Waals surface area contributed by atoms with Crippen molar-refractivity contribution in [2.45, 2.75) is 45.4 Å². The Hall–Kier alpha value is -0.850. The van der Waals surface area contributed by atoms with Gasteiger partial charge < -0.3 is 0 Å². The average molecular weight is 175 g/mol. The molecule has 2 rings (SSSR count). The van der Waals surface area contributed by atoms with Crippen LogP contribution >= 0.6 is 0 Å². The van der Waals surface area contributed by atoms with Gasteiger partial charge in [0.05, 0.1) is 0 Å². The third-order valence-corrected chi connectivity index (χ3v) is 2.74. The van der Waals surface area contributed by atoms with Crippen molar-refractivity contribution in [2.75, 3.05) is 0 Å². The molecule has 1 nitrogen and oxygen atoms in total. The Labute approximate surface area is 80.2 Å². The van der Waals surface area contributed by atoms with Gasteiger partial charge in [0.1, 0.15) is 0 Å². The Morgan fingerprint density at radius 1 is 1.15 bits per heavy atom. The highest BCUT2D eigenvalue weighted by Crippen LogP contribution is 2.26. The molecule has 0 bridgehead atoms. The van der Waals surface area contributed by atoms with E-state index in [1.54, 1.807) is 0 Å². The van der Waals surface area contributed by atoms with Crippen LogP contribution in [0.25, 0.3) is 0 Å². The van der Waals surface area contributed by atoms with E-state index < -0.39 is 0 Å². The van der Waals surface area contributed by atoms with Crippen molar-refractivity contribution in [1.82, 2.24) is 4.98 Å². The smallest absolute Gasteiger partial charge is 0.0459 e. The summed E-state index contributed by atoms with van der Waals surface area (Å²) in [7, 11) is 0. The lowest BCUT2D eigenvalue weighted by atomic mass is 9.90. The van der Waals surface area contributed by atoms with Crippen molar-refractivity contribution in [3.8, 4) is 0 Å². The molecular weight excluding hydrogens is 158 g/mol. The van der Waals surface area contributed by atoms with E-state index in [-0.39, 0.29) is 5.41 Å². The van der Waals surface area contributed by atoms with Crippen molar-refractivity contribution in [3.63, 3.8) is 0 Å². The highest BCUT2D eigenvalue weighted by molar-refractivity contribution is 5.32. The molecule has 0 aliphatic heterocycles. The second-order valence-corrected chi connectivity index (χ2v) is 4.94. The van der Waals surface area contributed by atoms with E-state index in [2.05, 4.69) is 38.0 Å². The number of rotatable bonds is 0. The highest BCUT2D eigenvalue weighted by atomic mass is 14.7. The maximum absolute atomic E-state index is 4.52. The number of hydrogen-bond donors (Lipinski definition) is 0. The lowest BCUT2D eigenvalue weighted by molar-refractivity contribution is 0.568. The zero-order valence-electron chi connectivity index (χ0n) is 8.72. The van der Waals surface area contributed by atoms with Gasteiger partial charge in [-0.15, -0.1) is 0 Å². The minimum Gasteiger partial charge on any atom is -0.260 e. The lowest BCUT2D eigenvalue weighted by Gasteiger charge is -2.18. The topological polar surface area (TPSA) is 12.9 Å². The molecule has 0 fully saturated rings. The van der Waals surface area contributed by atoms with Crippen molar-refractivity contribution in [2.24, 2.45) is 0 Å². The summed E-state index contributed by atoms with van der Waals surface area (Å²) >= 11 is 0. The Morgan fingerprint density at radius 2 is 1.85 bits per heavy atom. The predicted octanol–water partition coefficient (Wildman–Crippen LogP) is 2.87. The van der Waals surface area contributed by atoms with Gasteiger partial charge in [0, 0.05) is 17.3 Å². The number of pyridine rings is 1. The quantitative estimate of drug-likeness (QED) is 0.591. The first-order chi connectivity index (χ1) is 6.07. The highest BCUT2D eigenvalue weighted by Gasteiger charge is 2.18. The van der Waals surface area contributed by atoms with Crippen LogP contribution in [-0.2, 0) is 18.3 Å². The van der Waals surface area contributed by atoms with Crippen LogP contribution in [0.4, 0.5) is 0 Å². The summed E-state index contributed by atoms with van der Waals surface area (Å²) < 4.78 is 0. The lowest BCUT2D eigenvalue weighted by Crippen LogP contribution is -2.13. The van der Waals surface area contributed by atoms with Crippen molar-refractivity contribution < 1.29 is 0 Å². The predicted molar refractivity (Wildman–Crippen MR) is 55.0 cm³/mol. The third kappa shape index (κ3) is 1.60. The summed E-state index contributed by atoms with van der Waals surface area (Å²) in [4.78, 5) is 4.52. The summed E-state index contributed by atoms with van der Waals surface area (Å²) in [6.45, 7) is 6.66. The summed E-state index contributed by atoms with van der Waals surface area (Å²) in [5, 5.41) is 0. The standard InChI is InChI=1S/C12H17N/c1-12(2,3)11-7-9-5-4-6-10(9)8-13-11/h7-8H,4-6H2,1-3H3. The number of nitrogens with zero attached hydrogens (tertiary/aromatic N) is 1. The van der Waals surface area contributed by atoms with E-state index in [1.165, 1.54) is 36.1 Å². The molecule has 0 N–H and O–H groups in total. The van der Waals surface area contributed by atoms with Gasteiger partial charge in [-0.3, -0.25) is 4.98 Å². The second-order valence-electron chi connectivity index (χ2n) is 4.94. The molecule has 1 heteroatoms. The Balaban J connectivity index is 2.42. The number of aryl methyl sites for hydroxylation is 2. The minimum atomic E-state index is 0.192. The number of hydrogen-bond acceptors (Lipinski definition) is 1. The minimum absolute atomic E-state index is 0.192. The van der Waals surface area contributed by atoms with E-state index in [4.69, 9.17) is 0 Å². The van der Waals surface area contributed by atoms with Gasteiger partial charge in [-0.2, -0.15) is 0 Å². The van der Waals surface area contributed by atoms with Crippen LogP contribution in [0, 0.1) is 0 Å². The monoisotopic (exact) mass is 175 g/mol. The van der Waals surface area contributed by atoms with Gasteiger partial charge in [-0.25, -0.2) is 0 Å². The van der Waals surface area contributed by atoms with E-state index in [1.807, 2.05) is 0 Å². The molecule has 1 aliphatic carbocycles. The molecule has 0 atom stereocenters. The van der Waals surface area contributed by atoms with Crippen LogP contribution in [0.15, 0.2) is 12.3 Å².